The van der Waals surface area contributed by atoms with E-state index in [4.69, 9.17) is 5.11 Å². The largest absolute Gasteiger partial charge is 0.508 e. The number of hydrogen-bond donors (Lipinski definition) is 2. The van der Waals surface area contributed by atoms with Crippen LogP contribution < -0.4 is 5.32 Å². The molecule has 9 heavy (non-hydrogen) atoms. The van der Waals surface area contributed by atoms with E-state index in [0.29, 0.717) is 5.76 Å². The Hall–Kier alpha value is -0.920. The molecule has 1 aliphatic carbocycles. The zero-order valence-corrected chi connectivity index (χ0v) is 5.52. The Morgan fingerprint density at radius 2 is 2.56 bits per heavy atom. The first-order chi connectivity index (χ1) is 4.34. The molecule has 0 saturated carbocycles. The van der Waals surface area contributed by atoms with Crippen LogP contribution in [0.5, 0.6) is 0 Å². The summed E-state index contributed by atoms with van der Waals surface area (Å²) in [5.74, 6) is 0.435. The average Bonchev–Trinajstić information content (AvgIpc) is 2.18. The van der Waals surface area contributed by atoms with Gasteiger partial charge in [-0.05, 0) is 18.9 Å². The lowest BCUT2D eigenvalue weighted by atomic mass is 10.2. The maximum Gasteiger partial charge on any atom is 0.116 e. The van der Waals surface area contributed by atoms with Crippen LogP contribution in [0.15, 0.2) is 23.6 Å². The van der Waals surface area contributed by atoms with Gasteiger partial charge in [0.15, 0.2) is 0 Å². The van der Waals surface area contributed by atoms with Crippen molar-refractivity contribution in [2.75, 3.05) is 7.05 Å². The molecule has 0 atom stereocenters. The van der Waals surface area contributed by atoms with Gasteiger partial charge in [-0.25, -0.2) is 0 Å². The fraction of sp³-hybridized carbons (Fsp3) is 0.429. The second-order valence-electron chi connectivity index (χ2n) is 2.09. The number of hydrogen-bond acceptors (Lipinski definition) is 2. The minimum absolute atomic E-state index is 0.435. The second-order valence-corrected chi connectivity index (χ2v) is 2.09. The van der Waals surface area contributed by atoms with Gasteiger partial charge in [0.1, 0.15) is 5.76 Å². The third kappa shape index (κ3) is 1.25. The molecule has 0 aliphatic heterocycles. The molecule has 2 nitrogen and oxygen atoms in total. The van der Waals surface area contributed by atoms with Crippen molar-refractivity contribution in [2.45, 2.75) is 12.8 Å². The maximum atomic E-state index is 9.07. The lowest BCUT2D eigenvalue weighted by molar-refractivity contribution is 0.425. The molecule has 1 rings (SSSR count). The molecule has 0 amide bonds. The van der Waals surface area contributed by atoms with Gasteiger partial charge in [-0.2, -0.15) is 0 Å². The SMILES string of the molecule is CN/C=C1/CCC=C1O. The first-order valence-corrected chi connectivity index (χ1v) is 3.10. The summed E-state index contributed by atoms with van der Waals surface area (Å²) in [4.78, 5) is 0. The van der Waals surface area contributed by atoms with Crippen LogP contribution in [-0.2, 0) is 0 Å². The summed E-state index contributed by atoms with van der Waals surface area (Å²) in [5, 5.41) is 12.0. The normalized spacial score (nSPS) is 22.3. The van der Waals surface area contributed by atoms with Gasteiger partial charge in [0.05, 0.1) is 0 Å². The van der Waals surface area contributed by atoms with Crippen molar-refractivity contribution in [3.8, 4) is 0 Å². The van der Waals surface area contributed by atoms with E-state index >= 15 is 0 Å². The zero-order valence-electron chi connectivity index (χ0n) is 5.52. The van der Waals surface area contributed by atoms with E-state index in [2.05, 4.69) is 5.32 Å². The Kier molecular flexibility index (Phi) is 1.78. The Bertz CT molecular complexity index is 158. The zero-order chi connectivity index (χ0) is 6.69. The Morgan fingerprint density at radius 1 is 1.78 bits per heavy atom. The predicted molar refractivity (Wildman–Crippen MR) is 37.1 cm³/mol. The Morgan fingerprint density at radius 3 is 3.00 bits per heavy atom. The van der Waals surface area contributed by atoms with Gasteiger partial charge in [-0.1, -0.05) is 0 Å². The quantitative estimate of drug-likeness (QED) is 0.554. The first-order valence-electron chi connectivity index (χ1n) is 3.10. The summed E-state index contributed by atoms with van der Waals surface area (Å²) >= 11 is 0. The molecule has 50 valence electrons. The van der Waals surface area contributed by atoms with Crippen molar-refractivity contribution < 1.29 is 5.11 Å². The van der Waals surface area contributed by atoms with Crippen molar-refractivity contribution in [3.63, 3.8) is 0 Å². The monoisotopic (exact) mass is 125 g/mol. The van der Waals surface area contributed by atoms with Gasteiger partial charge in [-0.15, -0.1) is 0 Å². The number of nitrogens with one attached hydrogen (secondary N) is 1. The molecule has 2 heteroatoms. The lowest BCUT2D eigenvalue weighted by Gasteiger charge is -1.95. The van der Waals surface area contributed by atoms with Crippen molar-refractivity contribution in [2.24, 2.45) is 0 Å². The van der Waals surface area contributed by atoms with Gasteiger partial charge >= 0.3 is 0 Å². The van der Waals surface area contributed by atoms with Crippen molar-refractivity contribution in [1.29, 1.82) is 0 Å². The van der Waals surface area contributed by atoms with Crippen LogP contribution in [0.1, 0.15) is 12.8 Å². The molecule has 1 aliphatic rings. The van der Waals surface area contributed by atoms with Crippen LogP contribution in [0, 0.1) is 0 Å². The number of aliphatic hydroxyl groups is 1. The van der Waals surface area contributed by atoms with E-state index in [1.165, 1.54) is 0 Å². The lowest BCUT2D eigenvalue weighted by Crippen LogP contribution is -1.95. The van der Waals surface area contributed by atoms with E-state index in [-0.39, 0.29) is 0 Å². The van der Waals surface area contributed by atoms with Gasteiger partial charge in [-0.3, -0.25) is 0 Å². The van der Waals surface area contributed by atoms with Gasteiger partial charge < -0.3 is 10.4 Å². The molecular weight excluding hydrogens is 114 g/mol. The summed E-state index contributed by atoms with van der Waals surface area (Å²) in [5.41, 5.74) is 1.01. The molecule has 0 fully saturated rings. The molecule has 0 spiro atoms. The van der Waals surface area contributed by atoms with E-state index in [1.807, 2.05) is 19.3 Å². The second kappa shape index (κ2) is 2.58. The average molecular weight is 125 g/mol. The minimum atomic E-state index is 0.435. The fourth-order valence-corrected chi connectivity index (χ4v) is 0.944. The summed E-state index contributed by atoms with van der Waals surface area (Å²) in [7, 11) is 1.83. The van der Waals surface area contributed by atoms with Crippen LogP contribution in [0.25, 0.3) is 0 Å². The standard InChI is InChI=1S/C7H11NO/c1-8-5-6-3-2-4-7(6)9/h4-5,8-9H,2-3H2,1H3/b6-5-. The van der Waals surface area contributed by atoms with Gasteiger partial charge in [0.2, 0.25) is 0 Å². The topological polar surface area (TPSA) is 32.3 Å². The molecule has 0 bridgehead atoms. The summed E-state index contributed by atoms with van der Waals surface area (Å²) in [6, 6.07) is 0. The molecule has 0 aromatic heterocycles. The van der Waals surface area contributed by atoms with Crippen LogP contribution in [-0.4, -0.2) is 12.2 Å². The van der Waals surface area contributed by atoms with E-state index in [1.54, 1.807) is 0 Å². The van der Waals surface area contributed by atoms with Crippen LogP contribution in [0.4, 0.5) is 0 Å². The summed E-state index contributed by atoms with van der Waals surface area (Å²) < 4.78 is 0. The molecule has 0 aromatic rings. The molecule has 0 heterocycles. The molecule has 0 radical (unpaired) electrons. The van der Waals surface area contributed by atoms with Crippen molar-refractivity contribution in [3.05, 3.63) is 23.6 Å². The predicted octanol–water partition coefficient (Wildman–Crippen LogP) is 1.33. The summed E-state index contributed by atoms with van der Waals surface area (Å²) in [6.45, 7) is 0. The van der Waals surface area contributed by atoms with Crippen LogP contribution in [0.2, 0.25) is 0 Å². The van der Waals surface area contributed by atoms with Gasteiger partial charge in [0, 0.05) is 18.8 Å². The highest BCUT2D eigenvalue weighted by Gasteiger charge is 2.07. The van der Waals surface area contributed by atoms with E-state index < -0.39 is 0 Å². The molecule has 0 aromatic carbocycles. The number of rotatable bonds is 1. The maximum absolute atomic E-state index is 9.07. The highest BCUT2D eigenvalue weighted by atomic mass is 16.3. The highest BCUT2D eigenvalue weighted by molar-refractivity contribution is 5.29. The summed E-state index contributed by atoms with van der Waals surface area (Å²) in [6.07, 6.45) is 5.61. The molecule has 0 saturated heterocycles. The van der Waals surface area contributed by atoms with Crippen LogP contribution >= 0.6 is 0 Å². The third-order valence-electron chi connectivity index (χ3n) is 1.40. The smallest absolute Gasteiger partial charge is 0.116 e. The van der Waals surface area contributed by atoms with Gasteiger partial charge in [0.25, 0.3) is 0 Å². The molecule has 0 unspecified atom stereocenters. The van der Waals surface area contributed by atoms with Crippen molar-refractivity contribution >= 4 is 0 Å². The van der Waals surface area contributed by atoms with E-state index in [9.17, 15) is 0 Å². The first kappa shape index (κ1) is 6.20. The minimum Gasteiger partial charge on any atom is -0.508 e. The highest BCUT2D eigenvalue weighted by Crippen LogP contribution is 2.20. The Labute approximate surface area is 54.9 Å². The van der Waals surface area contributed by atoms with Crippen LogP contribution in [0.3, 0.4) is 0 Å². The number of aliphatic hydroxyl groups excluding tert-OH is 1. The van der Waals surface area contributed by atoms with Crippen molar-refractivity contribution in [1.82, 2.24) is 5.32 Å². The Balaban J connectivity index is 2.62. The molecular formula is C7H11NO. The van der Waals surface area contributed by atoms with E-state index in [0.717, 1.165) is 18.4 Å². The number of allylic oxidation sites excluding steroid dienone is 2. The fourth-order valence-electron chi connectivity index (χ4n) is 0.944. The third-order valence-corrected chi connectivity index (χ3v) is 1.40. The molecule has 2 N–H and O–H groups in total.